The van der Waals surface area contributed by atoms with Crippen molar-refractivity contribution in [3.8, 4) is 0 Å². The van der Waals surface area contributed by atoms with E-state index < -0.39 is 0 Å². The Kier molecular flexibility index (Phi) is 2.78. The quantitative estimate of drug-likeness (QED) is 0.895. The fourth-order valence-corrected chi connectivity index (χ4v) is 2.18. The van der Waals surface area contributed by atoms with Crippen molar-refractivity contribution >= 4 is 5.95 Å². The molecule has 2 aromatic rings. The van der Waals surface area contributed by atoms with Gasteiger partial charge in [0.1, 0.15) is 0 Å². The number of nitrogens with zero attached hydrogens (tertiary/aromatic N) is 3. The summed E-state index contributed by atoms with van der Waals surface area (Å²) in [6.07, 6.45) is 8.33. The first-order valence-electron chi connectivity index (χ1n) is 6.46. The summed E-state index contributed by atoms with van der Waals surface area (Å²) in [7, 11) is 0. The van der Waals surface area contributed by atoms with E-state index in [0.717, 1.165) is 11.6 Å². The zero-order chi connectivity index (χ0) is 12.5. The Morgan fingerprint density at radius 3 is 2.72 bits per heavy atom. The van der Waals surface area contributed by atoms with Crippen LogP contribution in [-0.2, 0) is 0 Å². The van der Waals surface area contributed by atoms with Gasteiger partial charge < -0.3 is 9.88 Å². The minimum Gasteiger partial charge on any atom is -0.349 e. The maximum atomic E-state index is 4.57. The number of pyridine rings is 1. The maximum Gasteiger partial charge on any atom is 0.203 e. The molecule has 3 rings (SSSR count). The summed E-state index contributed by atoms with van der Waals surface area (Å²) >= 11 is 0. The van der Waals surface area contributed by atoms with E-state index in [-0.39, 0.29) is 6.04 Å². The second-order valence-corrected chi connectivity index (χ2v) is 4.99. The predicted molar refractivity (Wildman–Crippen MR) is 71.5 cm³/mol. The van der Waals surface area contributed by atoms with Gasteiger partial charge in [0.25, 0.3) is 0 Å². The third-order valence-electron chi connectivity index (χ3n) is 3.34. The van der Waals surface area contributed by atoms with Crippen LogP contribution in [-0.4, -0.2) is 14.5 Å². The highest BCUT2D eigenvalue weighted by atomic mass is 15.2. The molecule has 0 aliphatic heterocycles. The van der Waals surface area contributed by atoms with Crippen molar-refractivity contribution in [2.75, 3.05) is 5.32 Å². The van der Waals surface area contributed by atoms with Gasteiger partial charge in [-0.2, -0.15) is 0 Å². The summed E-state index contributed by atoms with van der Waals surface area (Å²) in [5, 5.41) is 3.49. The van der Waals surface area contributed by atoms with E-state index in [4.69, 9.17) is 0 Å². The molecule has 1 atom stereocenters. The van der Waals surface area contributed by atoms with Crippen molar-refractivity contribution in [2.24, 2.45) is 0 Å². The van der Waals surface area contributed by atoms with Crippen LogP contribution < -0.4 is 5.32 Å². The lowest BCUT2D eigenvalue weighted by Crippen LogP contribution is -2.11. The van der Waals surface area contributed by atoms with Crippen LogP contribution in [0.5, 0.6) is 0 Å². The smallest absolute Gasteiger partial charge is 0.203 e. The Hall–Kier alpha value is -1.84. The molecule has 1 fully saturated rings. The van der Waals surface area contributed by atoms with Gasteiger partial charge in [0, 0.05) is 24.6 Å². The third kappa shape index (κ3) is 2.23. The Bertz CT molecular complexity index is 528. The number of anilines is 1. The van der Waals surface area contributed by atoms with Crippen LogP contribution >= 0.6 is 0 Å². The SMILES string of the molecule is Cc1cn(C2CC2)c(NC(C)c2ccncc2)n1. The molecule has 18 heavy (non-hydrogen) atoms. The van der Waals surface area contributed by atoms with Gasteiger partial charge in [-0.3, -0.25) is 4.98 Å². The lowest BCUT2D eigenvalue weighted by Gasteiger charge is -2.15. The molecule has 1 N–H and O–H groups in total. The summed E-state index contributed by atoms with van der Waals surface area (Å²) in [6, 6.07) is 4.97. The summed E-state index contributed by atoms with van der Waals surface area (Å²) in [5.41, 5.74) is 2.30. The molecule has 0 amide bonds. The monoisotopic (exact) mass is 242 g/mol. The molecule has 94 valence electrons. The first-order chi connectivity index (χ1) is 8.74. The normalized spacial score (nSPS) is 16.6. The highest BCUT2D eigenvalue weighted by molar-refractivity contribution is 5.34. The minimum absolute atomic E-state index is 0.243. The van der Waals surface area contributed by atoms with Crippen LogP contribution in [0.1, 0.15) is 43.1 Å². The molecule has 1 aliphatic carbocycles. The third-order valence-corrected chi connectivity index (χ3v) is 3.34. The molecule has 0 aromatic carbocycles. The van der Waals surface area contributed by atoms with E-state index in [1.807, 2.05) is 31.5 Å². The molecular formula is C14H18N4. The molecule has 0 spiro atoms. The topological polar surface area (TPSA) is 42.7 Å². The minimum atomic E-state index is 0.243. The van der Waals surface area contributed by atoms with E-state index >= 15 is 0 Å². The van der Waals surface area contributed by atoms with Crippen molar-refractivity contribution in [2.45, 2.75) is 38.8 Å². The summed E-state index contributed by atoms with van der Waals surface area (Å²) in [5.74, 6) is 0.985. The average molecular weight is 242 g/mol. The molecule has 1 aliphatic rings. The van der Waals surface area contributed by atoms with Gasteiger partial charge in [-0.05, 0) is 44.4 Å². The fourth-order valence-electron chi connectivity index (χ4n) is 2.18. The van der Waals surface area contributed by atoms with E-state index in [1.54, 1.807) is 0 Å². The highest BCUT2D eigenvalue weighted by Crippen LogP contribution is 2.37. The number of hydrogen-bond acceptors (Lipinski definition) is 3. The molecule has 4 nitrogen and oxygen atoms in total. The average Bonchev–Trinajstić information content (AvgIpc) is 3.15. The first-order valence-corrected chi connectivity index (χ1v) is 6.46. The van der Waals surface area contributed by atoms with Crippen LogP contribution in [0.2, 0.25) is 0 Å². The number of aryl methyl sites for hydroxylation is 1. The van der Waals surface area contributed by atoms with Crippen LogP contribution in [0.4, 0.5) is 5.95 Å². The Labute approximate surface area is 107 Å². The van der Waals surface area contributed by atoms with Crippen LogP contribution in [0.3, 0.4) is 0 Å². The second-order valence-electron chi connectivity index (χ2n) is 4.99. The van der Waals surface area contributed by atoms with Gasteiger partial charge in [-0.1, -0.05) is 0 Å². The van der Waals surface area contributed by atoms with Crippen molar-refractivity contribution in [1.29, 1.82) is 0 Å². The molecule has 2 aromatic heterocycles. The van der Waals surface area contributed by atoms with Crippen LogP contribution in [0, 0.1) is 6.92 Å². The molecule has 0 bridgehead atoms. The van der Waals surface area contributed by atoms with Gasteiger partial charge >= 0.3 is 0 Å². The lowest BCUT2D eigenvalue weighted by molar-refractivity contribution is 0.727. The van der Waals surface area contributed by atoms with Crippen LogP contribution in [0.25, 0.3) is 0 Å². The number of rotatable bonds is 4. The van der Waals surface area contributed by atoms with Gasteiger partial charge in [-0.15, -0.1) is 0 Å². The number of nitrogens with one attached hydrogen (secondary N) is 1. The van der Waals surface area contributed by atoms with E-state index in [1.165, 1.54) is 18.4 Å². The molecule has 2 heterocycles. The van der Waals surface area contributed by atoms with Crippen molar-refractivity contribution < 1.29 is 0 Å². The number of imidazole rings is 1. The first kappa shape index (κ1) is 11.3. The van der Waals surface area contributed by atoms with Gasteiger partial charge in [0.15, 0.2) is 0 Å². The summed E-state index contributed by atoms with van der Waals surface area (Å²) < 4.78 is 2.27. The number of aromatic nitrogens is 3. The fraction of sp³-hybridized carbons (Fsp3) is 0.429. The highest BCUT2D eigenvalue weighted by Gasteiger charge is 2.26. The van der Waals surface area contributed by atoms with Crippen molar-refractivity contribution in [3.63, 3.8) is 0 Å². The molecule has 1 unspecified atom stereocenters. The summed E-state index contributed by atoms with van der Waals surface area (Å²) in [4.78, 5) is 8.62. The van der Waals surface area contributed by atoms with Gasteiger partial charge in [-0.25, -0.2) is 4.98 Å². The standard InChI is InChI=1S/C14H18N4/c1-10-9-18(13-3-4-13)14(16-10)17-11(2)12-5-7-15-8-6-12/h5-9,11,13H,3-4H2,1-2H3,(H,16,17). The Morgan fingerprint density at radius 2 is 2.06 bits per heavy atom. The maximum absolute atomic E-state index is 4.57. The van der Waals surface area contributed by atoms with Gasteiger partial charge in [0.2, 0.25) is 5.95 Å². The Balaban J connectivity index is 1.80. The van der Waals surface area contributed by atoms with E-state index in [9.17, 15) is 0 Å². The van der Waals surface area contributed by atoms with Crippen molar-refractivity contribution in [3.05, 3.63) is 42.0 Å². The van der Waals surface area contributed by atoms with Crippen LogP contribution in [0.15, 0.2) is 30.7 Å². The zero-order valence-electron chi connectivity index (χ0n) is 10.8. The molecular weight excluding hydrogens is 224 g/mol. The van der Waals surface area contributed by atoms with Crippen molar-refractivity contribution in [1.82, 2.24) is 14.5 Å². The van der Waals surface area contributed by atoms with Gasteiger partial charge in [0.05, 0.1) is 11.7 Å². The van der Waals surface area contributed by atoms with E-state index in [0.29, 0.717) is 6.04 Å². The summed E-state index contributed by atoms with van der Waals surface area (Å²) in [6.45, 7) is 4.19. The predicted octanol–water partition coefficient (Wildman–Crippen LogP) is 3.09. The zero-order valence-corrected chi connectivity index (χ0v) is 10.8. The lowest BCUT2D eigenvalue weighted by atomic mass is 10.1. The molecule has 0 radical (unpaired) electrons. The largest absolute Gasteiger partial charge is 0.349 e. The number of hydrogen-bond donors (Lipinski definition) is 1. The molecule has 0 saturated heterocycles. The molecule has 1 saturated carbocycles. The second kappa shape index (κ2) is 4.44. The molecule has 4 heteroatoms. The van der Waals surface area contributed by atoms with E-state index in [2.05, 4.69) is 33.0 Å². The Morgan fingerprint density at radius 1 is 1.33 bits per heavy atom.